The van der Waals surface area contributed by atoms with E-state index in [-0.39, 0.29) is 12.3 Å². The number of anilines is 1. The number of hydrogen-bond acceptors (Lipinski definition) is 6. The SMILES string of the molecule is COCc1cnc(N2CCC([C@H]3C[C@H]3CCOc3ccc(CC(=O)N4CC(F)(F)C4)cc3)CC2)nc1. The molecule has 1 saturated carbocycles. The molecule has 2 saturated heterocycles. The molecule has 0 radical (unpaired) electrons. The second-order valence-electron chi connectivity index (χ2n) is 10.4. The van der Waals surface area contributed by atoms with Gasteiger partial charge in [-0.2, -0.15) is 0 Å². The maximum absolute atomic E-state index is 12.9. The van der Waals surface area contributed by atoms with E-state index in [2.05, 4.69) is 14.9 Å². The summed E-state index contributed by atoms with van der Waals surface area (Å²) in [6.45, 7) is 2.29. The van der Waals surface area contributed by atoms with Gasteiger partial charge in [0, 0.05) is 38.2 Å². The van der Waals surface area contributed by atoms with Gasteiger partial charge in [0.15, 0.2) is 0 Å². The Balaban J connectivity index is 0.981. The molecule has 0 bridgehead atoms. The molecule has 5 rings (SSSR count). The Hall–Kier alpha value is -2.81. The highest BCUT2D eigenvalue weighted by Crippen LogP contribution is 2.49. The maximum atomic E-state index is 12.9. The molecule has 1 amide bonds. The minimum absolute atomic E-state index is 0.143. The van der Waals surface area contributed by atoms with Crippen LogP contribution in [0, 0.1) is 17.8 Å². The van der Waals surface area contributed by atoms with E-state index >= 15 is 0 Å². The first kappa shape index (κ1) is 24.9. The summed E-state index contributed by atoms with van der Waals surface area (Å²) >= 11 is 0. The summed E-state index contributed by atoms with van der Waals surface area (Å²) in [5.41, 5.74) is 1.80. The lowest BCUT2D eigenvalue weighted by Gasteiger charge is -2.38. The van der Waals surface area contributed by atoms with E-state index in [0.717, 1.165) is 60.1 Å². The van der Waals surface area contributed by atoms with Gasteiger partial charge in [-0.25, -0.2) is 18.7 Å². The highest BCUT2D eigenvalue weighted by molar-refractivity contribution is 5.79. The third kappa shape index (κ3) is 6.11. The van der Waals surface area contributed by atoms with Crippen molar-refractivity contribution >= 4 is 11.9 Å². The molecule has 0 N–H and O–H groups in total. The second kappa shape index (κ2) is 10.7. The van der Waals surface area contributed by atoms with Crippen molar-refractivity contribution in [3.63, 3.8) is 0 Å². The molecular weight excluding hydrogens is 466 g/mol. The summed E-state index contributed by atoms with van der Waals surface area (Å²) in [6, 6.07) is 7.40. The summed E-state index contributed by atoms with van der Waals surface area (Å²) in [5, 5.41) is 0. The van der Waals surface area contributed by atoms with Crippen LogP contribution >= 0.6 is 0 Å². The number of aromatic nitrogens is 2. The standard InChI is InChI=1S/C27H34F2N4O3/c1-35-16-20-14-30-26(31-15-20)32-9-6-21(7-10-32)24-13-22(24)8-11-36-23-4-2-19(3-5-23)12-25(34)33-17-27(28,29)18-33/h2-5,14-15,21-22,24H,6-13,16-18H2,1H3/t22-,24-/m1/s1. The van der Waals surface area contributed by atoms with Crippen LogP contribution in [0.4, 0.5) is 14.7 Å². The van der Waals surface area contributed by atoms with E-state index in [4.69, 9.17) is 9.47 Å². The topological polar surface area (TPSA) is 67.8 Å². The first-order chi connectivity index (χ1) is 17.4. The van der Waals surface area contributed by atoms with E-state index < -0.39 is 19.0 Å². The smallest absolute Gasteiger partial charge is 0.282 e. The van der Waals surface area contributed by atoms with Crippen LogP contribution in [0.15, 0.2) is 36.7 Å². The van der Waals surface area contributed by atoms with Gasteiger partial charge in [0.1, 0.15) is 5.75 Å². The molecule has 0 spiro atoms. The van der Waals surface area contributed by atoms with Gasteiger partial charge in [-0.15, -0.1) is 0 Å². The van der Waals surface area contributed by atoms with Gasteiger partial charge >= 0.3 is 0 Å². The Morgan fingerprint density at radius 1 is 1.08 bits per heavy atom. The number of rotatable bonds is 10. The van der Waals surface area contributed by atoms with E-state index in [1.165, 1.54) is 24.2 Å². The summed E-state index contributed by atoms with van der Waals surface area (Å²) < 4.78 is 36.9. The molecule has 2 aromatic rings. The van der Waals surface area contributed by atoms with Crippen LogP contribution in [0.5, 0.6) is 5.75 Å². The van der Waals surface area contributed by atoms with Crippen LogP contribution in [0.25, 0.3) is 0 Å². The predicted molar refractivity (Wildman–Crippen MR) is 131 cm³/mol. The third-order valence-electron chi connectivity index (χ3n) is 7.64. The number of carbonyl (C=O) groups is 1. The summed E-state index contributed by atoms with van der Waals surface area (Å²) in [6.07, 6.45) is 8.54. The molecule has 36 heavy (non-hydrogen) atoms. The lowest BCUT2D eigenvalue weighted by molar-refractivity contribution is -0.165. The Bertz CT molecular complexity index is 1020. The number of hydrogen-bond donors (Lipinski definition) is 0. The van der Waals surface area contributed by atoms with Gasteiger partial charge in [-0.05, 0) is 61.1 Å². The zero-order chi connectivity index (χ0) is 25.1. The van der Waals surface area contributed by atoms with Crippen LogP contribution in [-0.4, -0.2) is 66.6 Å². The van der Waals surface area contributed by atoms with Crippen molar-refractivity contribution in [1.29, 1.82) is 0 Å². The number of amides is 1. The fraction of sp³-hybridized carbons (Fsp3) is 0.593. The quantitative estimate of drug-likeness (QED) is 0.492. The maximum Gasteiger partial charge on any atom is 0.282 e. The molecule has 2 aliphatic heterocycles. The number of methoxy groups -OCH3 is 1. The van der Waals surface area contributed by atoms with Gasteiger partial charge in [-0.1, -0.05) is 12.1 Å². The largest absolute Gasteiger partial charge is 0.494 e. The van der Waals surface area contributed by atoms with Gasteiger partial charge in [0.05, 0.1) is 32.7 Å². The molecule has 9 heteroatoms. The zero-order valence-electron chi connectivity index (χ0n) is 20.7. The van der Waals surface area contributed by atoms with Crippen molar-refractivity contribution in [3.8, 4) is 5.75 Å². The second-order valence-corrected chi connectivity index (χ2v) is 10.4. The summed E-state index contributed by atoms with van der Waals surface area (Å²) in [7, 11) is 1.67. The van der Waals surface area contributed by atoms with E-state index in [1.54, 1.807) is 7.11 Å². The molecule has 3 aliphatic rings. The summed E-state index contributed by atoms with van der Waals surface area (Å²) in [4.78, 5) is 24.5. The van der Waals surface area contributed by atoms with Gasteiger partial charge < -0.3 is 19.3 Å². The Morgan fingerprint density at radius 3 is 2.42 bits per heavy atom. The molecule has 7 nitrogen and oxygen atoms in total. The molecule has 2 atom stereocenters. The van der Waals surface area contributed by atoms with Crippen molar-refractivity contribution in [2.24, 2.45) is 17.8 Å². The van der Waals surface area contributed by atoms with Gasteiger partial charge in [0.2, 0.25) is 11.9 Å². The van der Waals surface area contributed by atoms with Crippen LogP contribution in [0.2, 0.25) is 0 Å². The molecule has 1 aromatic heterocycles. The summed E-state index contributed by atoms with van der Waals surface area (Å²) in [5.74, 6) is 0.906. The highest BCUT2D eigenvalue weighted by atomic mass is 19.3. The molecule has 1 aliphatic carbocycles. The molecule has 0 unspecified atom stereocenters. The number of nitrogens with zero attached hydrogens (tertiary/aromatic N) is 4. The van der Waals surface area contributed by atoms with E-state index in [1.807, 2.05) is 36.7 Å². The first-order valence-corrected chi connectivity index (χ1v) is 12.8. The normalized spacial score (nSPS) is 23.3. The Kier molecular flexibility index (Phi) is 7.37. The van der Waals surface area contributed by atoms with Crippen LogP contribution in [0.3, 0.4) is 0 Å². The minimum Gasteiger partial charge on any atom is -0.494 e. The van der Waals surface area contributed by atoms with Crippen LogP contribution in [0.1, 0.15) is 36.8 Å². The van der Waals surface area contributed by atoms with Crippen molar-refractivity contribution in [2.75, 3.05) is 44.8 Å². The number of ether oxygens (including phenoxy) is 2. The predicted octanol–water partition coefficient (Wildman–Crippen LogP) is 3.96. The lowest BCUT2D eigenvalue weighted by Crippen LogP contribution is -2.58. The van der Waals surface area contributed by atoms with E-state index in [9.17, 15) is 13.6 Å². The molecule has 194 valence electrons. The zero-order valence-corrected chi connectivity index (χ0v) is 20.7. The number of benzene rings is 1. The number of carbonyl (C=O) groups excluding carboxylic acids is 1. The first-order valence-electron chi connectivity index (χ1n) is 12.8. The van der Waals surface area contributed by atoms with Gasteiger partial charge in [0.25, 0.3) is 5.92 Å². The van der Waals surface area contributed by atoms with Crippen molar-refractivity contribution in [1.82, 2.24) is 14.9 Å². The van der Waals surface area contributed by atoms with E-state index in [0.29, 0.717) is 13.2 Å². The average Bonchev–Trinajstić information content (AvgIpc) is 3.64. The van der Waals surface area contributed by atoms with Gasteiger partial charge in [-0.3, -0.25) is 4.79 Å². The number of likely N-dealkylation sites (tertiary alicyclic amines) is 1. The monoisotopic (exact) mass is 500 g/mol. The lowest BCUT2D eigenvalue weighted by atomic mass is 9.90. The number of piperidine rings is 1. The number of halogens is 2. The number of alkyl halides is 2. The Morgan fingerprint density at radius 2 is 1.78 bits per heavy atom. The van der Waals surface area contributed by atoms with Crippen molar-refractivity contribution < 1.29 is 23.0 Å². The molecule has 3 fully saturated rings. The third-order valence-corrected chi connectivity index (χ3v) is 7.64. The highest BCUT2D eigenvalue weighted by Gasteiger charge is 2.46. The molecular formula is C27H34F2N4O3. The van der Waals surface area contributed by atoms with Crippen LogP contribution in [-0.2, 0) is 22.6 Å². The fourth-order valence-corrected chi connectivity index (χ4v) is 5.47. The Labute approximate surface area is 210 Å². The average molecular weight is 501 g/mol. The fourth-order valence-electron chi connectivity index (χ4n) is 5.47. The van der Waals surface area contributed by atoms with Crippen molar-refractivity contribution in [2.45, 2.75) is 44.6 Å². The molecule has 1 aromatic carbocycles. The minimum atomic E-state index is -2.72. The van der Waals surface area contributed by atoms with Crippen molar-refractivity contribution in [3.05, 3.63) is 47.8 Å². The molecule has 3 heterocycles. The van der Waals surface area contributed by atoms with Crippen LogP contribution < -0.4 is 9.64 Å².